The van der Waals surface area contributed by atoms with E-state index in [1.165, 1.54) is 48.8 Å². The normalized spacial score (nSPS) is 12.6. The maximum absolute atomic E-state index is 13.2. The summed E-state index contributed by atoms with van der Waals surface area (Å²) in [4.78, 5) is 0.0329. The highest BCUT2D eigenvalue weighted by Crippen LogP contribution is 2.25. The van der Waals surface area contributed by atoms with E-state index in [0.29, 0.717) is 0 Å². The van der Waals surface area contributed by atoms with Crippen LogP contribution in [-0.4, -0.2) is 20.8 Å². The third-order valence-electron chi connectivity index (χ3n) is 5.32. The Morgan fingerprint density at radius 1 is 0.794 bits per heavy atom. The molecule has 4 rings (SSSR count). The van der Waals surface area contributed by atoms with Gasteiger partial charge in [0.2, 0.25) is 0 Å². The summed E-state index contributed by atoms with van der Waals surface area (Å²) in [6.07, 6.45) is 2.52. The lowest BCUT2D eigenvalue weighted by Crippen LogP contribution is -2.11. The summed E-state index contributed by atoms with van der Waals surface area (Å²) in [5.41, 5.74) is 8.02. The van der Waals surface area contributed by atoms with Crippen molar-refractivity contribution in [2.45, 2.75) is 23.6 Å². The number of rotatable bonds is 4. The van der Waals surface area contributed by atoms with Crippen molar-refractivity contribution < 1.29 is 16.8 Å². The number of aromatic nitrogens is 1. The zero-order valence-electron chi connectivity index (χ0n) is 18.3. The molecule has 0 aliphatic rings. The molecule has 0 aliphatic heterocycles. The minimum atomic E-state index is -4.12. The summed E-state index contributed by atoms with van der Waals surface area (Å²) < 4.78 is 57.3. The molecule has 2 N–H and O–H groups in total. The van der Waals surface area contributed by atoms with Crippen LogP contribution in [0.4, 0.5) is 5.69 Å². The summed E-state index contributed by atoms with van der Waals surface area (Å²) in [5.74, 6) is 0. The van der Waals surface area contributed by atoms with Crippen molar-refractivity contribution in [2.75, 3.05) is 5.73 Å². The topological polar surface area (TPSA) is 135 Å². The number of nitrogens with zero attached hydrogens (tertiary/aromatic N) is 3. The molecular weight excluding hydrogens is 472 g/mol. The van der Waals surface area contributed by atoms with Crippen LogP contribution in [0.1, 0.15) is 16.7 Å². The highest BCUT2D eigenvalue weighted by Gasteiger charge is 2.20. The molecule has 8 nitrogen and oxygen atoms in total. The van der Waals surface area contributed by atoms with Gasteiger partial charge in [0.25, 0.3) is 20.0 Å². The van der Waals surface area contributed by atoms with Gasteiger partial charge in [-0.2, -0.15) is 18.1 Å². The second-order valence-electron chi connectivity index (χ2n) is 7.77. The molecule has 1 aromatic heterocycles. The summed E-state index contributed by atoms with van der Waals surface area (Å²) >= 11 is 0. The molecule has 0 radical (unpaired) electrons. The fourth-order valence-corrected chi connectivity index (χ4v) is 5.59. The van der Waals surface area contributed by atoms with E-state index in [1.807, 2.05) is 19.9 Å². The molecule has 4 aromatic rings. The summed E-state index contributed by atoms with van der Waals surface area (Å²) in [6.45, 7) is 3.67. The highest BCUT2D eigenvalue weighted by molar-refractivity contribution is 7.90. The molecule has 0 aliphatic carbocycles. The number of benzene rings is 2. The lowest BCUT2D eigenvalue weighted by molar-refractivity contribution is 0.587. The van der Waals surface area contributed by atoms with Crippen LogP contribution >= 0.6 is 0 Å². The molecule has 0 atom stereocenters. The Hall–Kier alpha value is -3.94. The highest BCUT2D eigenvalue weighted by atomic mass is 32.2. The minimum Gasteiger partial charge on any atom is -0.397 e. The van der Waals surface area contributed by atoms with Gasteiger partial charge in [-0.05, 0) is 50.2 Å². The van der Waals surface area contributed by atoms with Gasteiger partial charge in [-0.25, -0.2) is 12.4 Å². The fourth-order valence-electron chi connectivity index (χ4n) is 3.38. The third-order valence-corrected chi connectivity index (χ3v) is 8.26. The van der Waals surface area contributed by atoms with Gasteiger partial charge < -0.3 is 5.73 Å². The lowest BCUT2D eigenvalue weighted by atomic mass is 10.2. The van der Waals surface area contributed by atoms with Crippen molar-refractivity contribution in [2.24, 2.45) is 4.40 Å². The lowest BCUT2D eigenvalue weighted by Gasteiger charge is -2.05. The fraction of sp³-hybridized carbons (Fsp3) is 0.0833. The Morgan fingerprint density at radius 2 is 1.32 bits per heavy atom. The minimum absolute atomic E-state index is 0.0158. The van der Waals surface area contributed by atoms with Crippen LogP contribution in [0.2, 0.25) is 0 Å². The van der Waals surface area contributed by atoms with E-state index in [2.05, 4.69) is 4.40 Å². The number of nitrogens with two attached hydrogens (primary N) is 1. The van der Waals surface area contributed by atoms with E-state index in [9.17, 15) is 22.1 Å². The summed E-state index contributed by atoms with van der Waals surface area (Å²) in [5, 5.41) is 9.80. The molecule has 1 heterocycles. The van der Waals surface area contributed by atoms with Gasteiger partial charge in [0.1, 0.15) is 6.07 Å². The Bertz CT molecular complexity index is 1750. The molecule has 0 unspecified atom stereocenters. The second-order valence-corrected chi connectivity index (χ2v) is 11.2. The Kier molecular flexibility index (Phi) is 5.77. The zero-order valence-corrected chi connectivity index (χ0v) is 19.9. The first-order chi connectivity index (χ1) is 16.0. The molecule has 0 spiro atoms. The van der Waals surface area contributed by atoms with Crippen molar-refractivity contribution in [3.8, 4) is 6.07 Å². The van der Waals surface area contributed by atoms with E-state index in [-0.39, 0.29) is 37.2 Å². The van der Waals surface area contributed by atoms with E-state index in [1.54, 1.807) is 24.3 Å². The molecular formula is C24H20N4O4S2. The molecule has 172 valence electrons. The maximum atomic E-state index is 13.2. The van der Waals surface area contributed by atoms with Crippen LogP contribution < -0.4 is 11.1 Å². The first-order valence-corrected chi connectivity index (χ1v) is 13.0. The van der Waals surface area contributed by atoms with Gasteiger partial charge in [-0.1, -0.05) is 35.4 Å². The predicted octanol–water partition coefficient (Wildman–Crippen LogP) is 3.24. The monoisotopic (exact) mass is 492 g/mol. The van der Waals surface area contributed by atoms with Crippen LogP contribution in [0.5, 0.6) is 0 Å². The summed E-state index contributed by atoms with van der Waals surface area (Å²) in [6, 6.07) is 17.1. The van der Waals surface area contributed by atoms with Crippen molar-refractivity contribution in [1.29, 1.82) is 5.26 Å². The number of nitriles is 1. The number of hydrogen-bond acceptors (Lipinski definition) is 6. The van der Waals surface area contributed by atoms with E-state index in [4.69, 9.17) is 5.73 Å². The SMILES string of the molecule is Cc1ccc(S(=O)(=O)/N=c2/ccc(C#N)c(N)c3cn(S(=O)(=O)c4ccc(C)cc4)cc23)cc1. The molecule has 0 saturated carbocycles. The van der Waals surface area contributed by atoms with Crippen molar-refractivity contribution in [3.05, 3.63) is 95.1 Å². The summed E-state index contributed by atoms with van der Waals surface area (Å²) in [7, 11) is -8.13. The number of sulfonamides is 1. The van der Waals surface area contributed by atoms with Crippen molar-refractivity contribution >= 4 is 36.5 Å². The molecule has 34 heavy (non-hydrogen) atoms. The Morgan fingerprint density at radius 3 is 1.88 bits per heavy atom. The van der Waals surface area contributed by atoms with Crippen LogP contribution in [-0.2, 0) is 20.0 Å². The average molecular weight is 493 g/mol. The number of aryl methyl sites for hydroxylation is 2. The standard InChI is InChI=1S/C24H20N4O4S2/c1-16-3-8-19(9-4-16)33(29,30)27-23-12-7-18(13-25)24(26)22-15-28(14-21(22)23)34(31,32)20-10-5-17(2)6-11-20/h3-12,14-15H,26H2,1-2H3/b27-23-. The van der Waals surface area contributed by atoms with Crippen LogP contribution in [0.15, 0.2) is 87.2 Å². The van der Waals surface area contributed by atoms with E-state index in [0.717, 1.165) is 15.1 Å². The number of fused-ring (bicyclic) bond motifs is 1. The first kappa shape index (κ1) is 23.2. The number of anilines is 1. The smallest absolute Gasteiger partial charge is 0.282 e. The zero-order chi connectivity index (χ0) is 24.7. The predicted molar refractivity (Wildman–Crippen MR) is 129 cm³/mol. The third kappa shape index (κ3) is 4.19. The molecule has 3 aromatic carbocycles. The van der Waals surface area contributed by atoms with Gasteiger partial charge in [-0.15, -0.1) is 0 Å². The average Bonchev–Trinajstić information content (AvgIpc) is 3.21. The Balaban J connectivity index is 2.02. The molecule has 10 heteroatoms. The van der Waals surface area contributed by atoms with Crippen molar-refractivity contribution in [1.82, 2.24) is 3.97 Å². The van der Waals surface area contributed by atoms with Gasteiger partial charge in [0.15, 0.2) is 0 Å². The van der Waals surface area contributed by atoms with Gasteiger partial charge in [0.05, 0.1) is 26.4 Å². The maximum Gasteiger partial charge on any atom is 0.282 e. The van der Waals surface area contributed by atoms with Crippen LogP contribution in [0.3, 0.4) is 0 Å². The van der Waals surface area contributed by atoms with Gasteiger partial charge >= 0.3 is 0 Å². The molecule has 0 fully saturated rings. The van der Waals surface area contributed by atoms with E-state index >= 15 is 0 Å². The van der Waals surface area contributed by atoms with E-state index < -0.39 is 20.0 Å². The number of nitrogen functional groups attached to an aromatic ring is 1. The Labute approximate surface area is 197 Å². The quantitative estimate of drug-likeness (QED) is 0.465. The molecule has 0 bridgehead atoms. The first-order valence-electron chi connectivity index (χ1n) is 10.1. The van der Waals surface area contributed by atoms with Crippen LogP contribution in [0, 0.1) is 25.2 Å². The largest absolute Gasteiger partial charge is 0.397 e. The van der Waals surface area contributed by atoms with Crippen LogP contribution in [0.25, 0.3) is 10.8 Å². The van der Waals surface area contributed by atoms with Gasteiger partial charge in [0, 0.05) is 23.2 Å². The van der Waals surface area contributed by atoms with Gasteiger partial charge in [-0.3, -0.25) is 0 Å². The molecule has 0 amide bonds. The number of hydrogen-bond donors (Lipinski definition) is 1. The molecule has 0 saturated heterocycles. The van der Waals surface area contributed by atoms with Crippen molar-refractivity contribution in [3.63, 3.8) is 0 Å². The second kappa shape index (κ2) is 8.44.